The van der Waals surface area contributed by atoms with Crippen molar-refractivity contribution < 1.29 is 19.1 Å². The monoisotopic (exact) mass is 437 g/mol. The van der Waals surface area contributed by atoms with Crippen LogP contribution in [0.1, 0.15) is 42.0 Å². The topological polar surface area (TPSA) is 63.7 Å². The molecule has 0 unspecified atom stereocenters. The van der Waals surface area contributed by atoms with Crippen LogP contribution in [0.2, 0.25) is 0 Å². The van der Waals surface area contributed by atoms with E-state index in [-0.39, 0.29) is 23.5 Å². The largest absolute Gasteiger partial charge is 0.494 e. The molecule has 5 heteroatoms. The molecule has 1 fully saturated rings. The van der Waals surface area contributed by atoms with Gasteiger partial charge in [0.2, 0.25) is 11.8 Å². The Morgan fingerprint density at radius 2 is 1.45 bits per heavy atom. The minimum Gasteiger partial charge on any atom is -0.494 e. The van der Waals surface area contributed by atoms with Crippen LogP contribution in [0.3, 0.4) is 0 Å². The molecule has 1 heterocycles. The fourth-order valence-electron chi connectivity index (χ4n) is 6.48. The van der Waals surface area contributed by atoms with Crippen LogP contribution in [0.15, 0.2) is 72.8 Å². The van der Waals surface area contributed by atoms with Crippen molar-refractivity contribution in [3.05, 3.63) is 95.1 Å². The van der Waals surface area contributed by atoms with E-state index in [1.807, 2.05) is 55.5 Å². The predicted octanol–water partition coefficient (Wildman–Crippen LogP) is 4.23. The van der Waals surface area contributed by atoms with Gasteiger partial charge in [-0.1, -0.05) is 48.5 Å². The highest BCUT2D eigenvalue weighted by atomic mass is 16.5. The van der Waals surface area contributed by atoms with Gasteiger partial charge in [0.05, 0.1) is 29.5 Å². The van der Waals surface area contributed by atoms with Gasteiger partial charge in [-0.2, -0.15) is 0 Å². The van der Waals surface area contributed by atoms with E-state index in [4.69, 9.17) is 4.74 Å². The second-order valence-electron chi connectivity index (χ2n) is 8.96. The molecule has 1 aliphatic heterocycles. The molecular formula is C28H23NO4. The summed E-state index contributed by atoms with van der Waals surface area (Å²) in [7, 11) is 0. The third kappa shape index (κ3) is 2.34. The van der Waals surface area contributed by atoms with Crippen molar-refractivity contribution in [2.75, 3.05) is 11.5 Å². The molecule has 5 nitrogen and oxygen atoms in total. The number of hydrogen-bond donors (Lipinski definition) is 0. The maximum absolute atomic E-state index is 14.0. The first kappa shape index (κ1) is 19.9. The summed E-state index contributed by atoms with van der Waals surface area (Å²) in [5.41, 5.74) is 3.01. The van der Waals surface area contributed by atoms with Crippen molar-refractivity contribution >= 4 is 23.3 Å². The highest BCUT2D eigenvalue weighted by molar-refractivity contribution is 6.25. The Balaban J connectivity index is 1.58. The van der Waals surface area contributed by atoms with Gasteiger partial charge in [0.25, 0.3) is 0 Å². The zero-order valence-corrected chi connectivity index (χ0v) is 18.4. The maximum Gasteiger partial charge on any atom is 0.239 e. The van der Waals surface area contributed by atoms with E-state index in [1.54, 1.807) is 31.2 Å². The number of ether oxygens (including phenoxy) is 1. The number of hydrogen-bond acceptors (Lipinski definition) is 4. The van der Waals surface area contributed by atoms with Gasteiger partial charge in [0.15, 0.2) is 0 Å². The Hall–Kier alpha value is -3.73. The molecular weight excluding hydrogens is 414 g/mol. The van der Waals surface area contributed by atoms with Crippen molar-refractivity contribution in [3.8, 4) is 5.75 Å². The van der Waals surface area contributed by atoms with Crippen LogP contribution >= 0.6 is 0 Å². The normalized spacial score (nSPS) is 26.6. The number of rotatable bonds is 4. The van der Waals surface area contributed by atoms with Crippen LogP contribution in [0.5, 0.6) is 5.75 Å². The van der Waals surface area contributed by atoms with Gasteiger partial charge in [-0.15, -0.1) is 0 Å². The molecule has 2 atom stereocenters. The van der Waals surface area contributed by atoms with Crippen LogP contribution in [0.25, 0.3) is 0 Å². The first-order valence-electron chi connectivity index (χ1n) is 11.3. The summed E-state index contributed by atoms with van der Waals surface area (Å²) in [6, 6.07) is 22.6. The van der Waals surface area contributed by atoms with Crippen molar-refractivity contribution in [1.29, 1.82) is 0 Å². The summed E-state index contributed by atoms with van der Waals surface area (Å²) >= 11 is 0. The maximum atomic E-state index is 14.0. The van der Waals surface area contributed by atoms with Crippen LogP contribution in [-0.2, 0) is 19.8 Å². The summed E-state index contributed by atoms with van der Waals surface area (Å²) in [5.74, 6) is -1.61. The van der Waals surface area contributed by atoms with E-state index in [0.717, 1.165) is 22.3 Å². The molecule has 0 radical (unpaired) electrons. The zero-order valence-electron chi connectivity index (χ0n) is 18.4. The van der Waals surface area contributed by atoms with Gasteiger partial charge in [-0.3, -0.25) is 14.4 Å². The number of anilines is 1. The summed E-state index contributed by atoms with van der Waals surface area (Å²) in [5, 5.41) is 0. The second kappa shape index (κ2) is 6.88. The van der Waals surface area contributed by atoms with Crippen LogP contribution in [0, 0.1) is 11.8 Å². The SMILES string of the molecule is CCOc1ccc(N2C(=O)[C@@H]3[C@@H](C2=O)C2c4ccccc4C3(C(C)=O)c3ccccc32)cc1. The number of imide groups is 1. The summed E-state index contributed by atoms with van der Waals surface area (Å²) in [4.78, 5) is 42.7. The predicted molar refractivity (Wildman–Crippen MR) is 123 cm³/mol. The van der Waals surface area contributed by atoms with Crippen molar-refractivity contribution in [1.82, 2.24) is 0 Å². The molecule has 0 N–H and O–H groups in total. The zero-order chi connectivity index (χ0) is 22.9. The number of benzene rings is 3. The van der Waals surface area contributed by atoms with Crippen LogP contribution in [0.4, 0.5) is 5.69 Å². The smallest absolute Gasteiger partial charge is 0.239 e. The first-order chi connectivity index (χ1) is 16.0. The molecule has 7 rings (SSSR count). The molecule has 2 amide bonds. The molecule has 164 valence electrons. The molecule has 0 aromatic heterocycles. The molecule has 4 aliphatic rings. The van der Waals surface area contributed by atoms with E-state index in [9.17, 15) is 14.4 Å². The van der Waals surface area contributed by atoms with E-state index >= 15 is 0 Å². The number of carbonyl (C=O) groups is 3. The van der Waals surface area contributed by atoms with Crippen molar-refractivity contribution in [2.24, 2.45) is 11.8 Å². The molecule has 3 aliphatic carbocycles. The molecule has 0 saturated carbocycles. The Kier molecular flexibility index (Phi) is 4.15. The lowest BCUT2D eigenvalue weighted by molar-refractivity contribution is -0.132. The lowest BCUT2D eigenvalue weighted by atomic mass is 9.46. The van der Waals surface area contributed by atoms with Gasteiger partial charge in [-0.25, -0.2) is 4.90 Å². The van der Waals surface area contributed by atoms with Crippen molar-refractivity contribution in [2.45, 2.75) is 25.2 Å². The minimum absolute atomic E-state index is 0.106. The Morgan fingerprint density at radius 3 is 2.00 bits per heavy atom. The minimum atomic E-state index is -1.17. The number of carbonyl (C=O) groups excluding carboxylic acids is 3. The van der Waals surface area contributed by atoms with Gasteiger partial charge in [0, 0.05) is 5.92 Å². The number of nitrogens with zero attached hydrogens (tertiary/aromatic N) is 1. The number of amides is 2. The standard InChI is InChI=1S/C28H23NO4/c1-3-33-18-14-12-17(13-15-18)29-26(31)24-23-19-8-4-6-10-21(19)28(16(2)30,25(24)27(29)32)22-11-7-5-9-20(22)23/h4-15,23-25H,3H2,1-2H3/t23?,24-,25-,28?/m0/s1. The quantitative estimate of drug-likeness (QED) is 0.573. The second-order valence-corrected chi connectivity index (χ2v) is 8.96. The first-order valence-corrected chi connectivity index (χ1v) is 11.3. The average molecular weight is 437 g/mol. The lowest BCUT2D eigenvalue weighted by Crippen LogP contribution is -2.57. The number of ketones is 1. The van der Waals surface area contributed by atoms with Crippen LogP contribution in [-0.4, -0.2) is 24.2 Å². The average Bonchev–Trinajstić information content (AvgIpc) is 3.10. The molecule has 1 saturated heterocycles. The van der Waals surface area contributed by atoms with E-state index in [0.29, 0.717) is 18.0 Å². The third-order valence-electron chi connectivity index (χ3n) is 7.58. The van der Waals surface area contributed by atoms with E-state index in [1.165, 1.54) is 4.90 Å². The summed E-state index contributed by atoms with van der Waals surface area (Å²) in [6.45, 7) is 3.98. The Labute approximate surface area is 192 Å². The highest BCUT2D eigenvalue weighted by Crippen LogP contribution is 2.64. The number of Topliss-reactive ketones (excluding diaryl/α,β-unsaturated/α-hetero) is 1. The third-order valence-corrected chi connectivity index (χ3v) is 7.58. The highest BCUT2D eigenvalue weighted by Gasteiger charge is 2.69. The van der Waals surface area contributed by atoms with Gasteiger partial charge >= 0.3 is 0 Å². The lowest BCUT2D eigenvalue weighted by Gasteiger charge is -2.52. The molecule has 33 heavy (non-hydrogen) atoms. The Bertz CT molecular complexity index is 1280. The fourth-order valence-corrected chi connectivity index (χ4v) is 6.48. The summed E-state index contributed by atoms with van der Waals surface area (Å²) < 4.78 is 5.51. The van der Waals surface area contributed by atoms with E-state index in [2.05, 4.69) is 0 Å². The summed E-state index contributed by atoms with van der Waals surface area (Å²) in [6.07, 6.45) is 0. The van der Waals surface area contributed by atoms with Crippen LogP contribution < -0.4 is 9.64 Å². The molecule has 2 bridgehead atoms. The Morgan fingerprint density at radius 1 is 0.879 bits per heavy atom. The van der Waals surface area contributed by atoms with Gasteiger partial charge in [0.1, 0.15) is 11.5 Å². The molecule has 3 aromatic carbocycles. The van der Waals surface area contributed by atoms with E-state index < -0.39 is 17.3 Å². The van der Waals surface area contributed by atoms with Gasteiger partial charge in [-0.05, 0) is 60.4 Å². The molecule has 0 spiro atoms. The molecule has 3 aromatic rings. The fraction of sp³-hybridized carbons (Fsp3) is 0.250. The van der Waals surface area contributed by atoms with Gasteiger partial charge < -0.3 is 4.74 Å². The van der Waals surface area contributed by atoms with Crippen molar-refractivity contribution in [3.63, 3.8) is 0 Å².